The van der Waals surface area contributed by atoms with Crippen molar-refractivity contribution in [1.82, 2.24) is 0 Å². The molecule has 0 aromatic heterocycles. The summed E-state index contributed by atoms with van der Waals surface area (Å²) in [5, 5.41) is 1.34. The molecule has 0 bridgehead atoms. The summed E-state index contributed by atoms with van der Waals surface area (Å²) in [4.78, 5) is 0. The number of ether oxygens (including phenoxy) is 2. The first-order valence-electron chi connectivity index (χ1n) is 7.27. The van der Waals surface area contributed by atoms with Gasteiger partial charge in [-0.1, -0.05) is 46.4 Å². The molecule has 8 heteroatoms. The van der Waals surface area contributed by atoms with E-state index in [1.165, 1.54) is 0 Å². The van der Waals surface area contributed by atoms with Crippen molar-refractivity contribution < 1.29 is 9.47 Å². The Kier molecular flexibility index (Phi) is 5.58. The zero-order chi connectivity index (χ0) is 18.8. The maximum Gasteiger partial charge on any atom is 0.168 e. The summed E-state index contributed by atoms with van der Waals surface area (Å²) in [5.74, 6) is 1.35. The minimum Gasteiger partial charge on any atom is -0.456 e. The van der Waals surface area contributed by atoms with Crippen molar-refractivity contribution in [3.63, 3.8) is 0 Å². The van der Waals surface area contributed by atoms with Crippen LogP contribution in [0.2, 0.25) is 20.1 Å². The number of halogens is 4. The van der Waals surface area contributed by atoms with Crippen LogP contribution in [0.1, 0.15) is 0 Å². The number of benzene rings is 3. The quantitative estimate of drug-likeness (QED) is 0.436. The molecule has 0 heterocycles. The third-order valence-electron chi connectivity index (χ3n) is 3.25. The monoisotopic (exact) mass is 428 g/mol. The molecule has 0 unspecified atom stereocenters. The highest BCUT2D eigenvalue weighted by molar-refractivity contribution is 6.38. The van der Waals surface area contributed by atoms with Crippen molar-refractivity contribution in [3.05, 3.63) is 68.6 Å². The van der Waals surface area contributed by atoms with Gasteiger partial charge >= 0.3 is 0 Å². The van der Waals surface area contributed by atoms with Gasteiger partial charge in [0, 0.05) is 33.6 Å². The highest BCUT2D eigenvalue weighted by Crippen LogP contribution is 2.44. The van der Waals surface area contributed by atoms with E-state index in [0.717, 1.165) is 0 Å². The van der Waals surface area contributed by atoms with E-state index in [0.29, 0.717) is 43.7 Å². The van der Waals surface area contributed by atoms with Crippen LogP contribution >= 0.6 is 46.4 Å². The van der Waals surface area contributed by atoms with Crippen LogP contribution in [-0.4, -0.2) is 0 Å². The van der Waals surface area contributed by atoms with Gasteiger partial charge < -0.3 is 20.9 Å². The average molecular weight is 430 g/mol. The van der Waals surface area contributed by atoms with Crippen molar-refractivity contribution in [1.29, 1.82) is 0 Å². The molecule has 0 saturated carbocycles. The number of hydrogen-bond donors (Lipinski definition) is 2. The minimum atomic E-state index is 0.176. The summed E-state index contributed by atoms with van der Waals surface area (Å²) in [6.45, 7) is 0. The predicted octanol–water partition coefficient (Wildman–Crippen LogP) is 7.05. The molecular weight excluding hydrogens is 418 g/mol. The fourth-order valence-corrected chi connectivity index (χ4v) is 3.17. The minimum absolute atomic E-state index is 0.176. The number of hydrogen-bond acceptors (Lipinski definition) is 4. The van der Waals surface area contributed by atoms with Crippen LogP contribution in [0.15, 0.2) is 48.5 Å². The van der Waals surface area contributed by atoms with E-state index >= 15 is 0 Å². The first-order valence-corrected chi connectivity index (χ1v) is 8.79. The Morgan fingerprint density at radius 1 is 0.654 bits per heavy atom. The van der Waals surface area contributed by atoms with E-state index in [-0.39, 0.29) is 10.8 Å². The van der Waals surface area contributed by atoms with Crippen LogP contribution in [0.4, 0.5) is 11.4 Å². The molecule has 4 nitrogen and oxygen atoms in total. The first-order chi connectivity index (χ1) is 12.3. The van der Waals surface area contributed by atoms with Crippen LogP contribution in [0, 0.1) is 0 Å². The van der Waals surface area contributed by atoms with Crippen molar-refractivity contribution in [2.24, 2.45) is 0 Å². The smallest absolute Gasteiger partial charge is 0.168 e. The highest BCUT2D eigenvalue weighted by atomic mass is 35.5. The molecule has 0 spiro atoms. The Labute approximate surface area is 170 Å². The zero-order valence-corrected chi connectivity index (χ0v) is 16.1. The SMILES string of the molecule is Nc1cc(Cl)cc(Oc2ccc(Cl)c(Oc3cc(N)cc(Cl)c3)c2Cl)c1. The lowest BCUT2D eigenvalue weighted by atomic mass is 10.2. The van der Waals surface area contributed by atoms with Gasteiger partial charge in [0.1, 0.15) is 22.3 Å². The molecular formula is C18H12Cl4N2O2. The van der Waals surface area contributed by atoms with E-state index in [9.17, 15) is 0 Å². The summed E-state index contributed by atoms with van der Waals surface area (Å²) >= 11 is 24.6. The molecule has 3 aromatic rings. The van der Waals surface area contributed by atoms with Gasteiger partial charge in [-0.05, 0) is 36.4 Å². The molecule has 0 radical (unpaired) electrons. The van der Waals surface area contributed by atoms with E-state index < -0.39 is 0 Å². The number of nitrogens with two attached hydrogens (primary N) is 2. The first kappa shape index (κ1) is 18.8. The van der Waals surface area contributed by atoms with Crippen LogP contribution in [0.25, 0.3) is 0 Å². The molecule has 0 aliphatic carbocycles. The topological polar surface area (TPSA) is 70.5 Å². The fraction of sp³-hybridized carbons (Fsp3) is 0. The summed E-state index contributed by atoms with van der Waals surface area (Å²) in [7, 11) is 0. The molecule has 3 aromatic carbocycles. The van der Waals surface area contributed by atoms with Gasteiger partial charge in [0.2, 0.25) is 0 Å². The van der Waals surface area contributed by atoms with Gasteiger partial charge in [-0.2, -0.15) is 0 Å². The second kappa shape index (κ2) is 7.72. The molecule has 0 amide bonds. The predicted molar refractivity (Wildman–Crippen MR) is 108 cm³/mol. The molecule has 0 aliphatic rings. The van der Waals surface area contributed by atoms with Gasteiger partial charge in [-0.15, -0.1) is 0 Å². The van der Waals surface area contributed by atoms with Gasteiger partial charge in [0.25, 0.3) is 0 Å². The number of anilines is 2. The van der Waals surface area contributed by atoms with E-state index in [4.69, 9.17) is 67.3 Å². The van der Waals surface area contributed by atoms with Crippen molar-refractivity contribution >= 4 is 57.8 Å². The second-order valence-electron chi connectivity index (χ2n) is 5.33. The summed E-state index contributed by atoms with van der Waals surface area (Å²) in [6, 6.07) is 12.8. The van der Waals surface area contributed by atoms with Crippen LogP contribution < -0.4 is 20.9 Å². The standard InChI is InChI=1S/C18H12Cl4N2O2/c19-9-3-11(23)7-13(5-9)25-16-2-1-15(21)18(17(16)22)26-14-6-10(20)4-12(24)8-14/h1-8H,23-24H2. The molecule has 0 fully saturated rings. The lowest BCUT2D eigenvalue weighted by Gasteiger charge is -2.14. The normalized spacial score (nSPS) is 10.6. The van der Waals surface area contributed by atoms with Crippen LogP contribution in [0.3, 0.4) is 0 Å². The Hall–Kier alpha value is -1.98. The lowest BCUT2D eigenvalue weighted by Crippen LogP contribution is -1.93. The Balaban J connectivity index is 1.95. The largest absolute Gasteiger partial charge is 0.456 e. The van der Waals surface area contributed by atoms with Crippen molar-refractivity contribution in [3.8, 4) is 23.0 Å². The van der Waals surface area contributed by atoms with E-state index in [1.807, 2.05) is 0 Å². The second-order valence-corrected chi connectivity index (χ2v) is 6.99. The Morgan fingerprint density at radius 2 is 1.19 bits per heavy atom. The van der Waals surface area contributed by atoms with Gasteiger partial charge in [-0.25, -0.2) is 0 Å². The zero-order valence-electron chi connectivity index (χ0n) is 13.1. The molecule has 0 saturated heterocycles. The summed E-state index contributed by atoms with van der Waals surface area (Å²) < 4.78 is 11.5. The summed E-state index contributed by atoms with van der Waals surface area (Å²) in [5.41, 5.74) is 12.4. The highest BCUT2D eigenvalue weighted by Gasteiger charge is 2.16. The van der Waals surface area contributed by atoms with E-state index in [1.54, 1.807) is 48.5 Å². The molecule has 3 rings (SSSR count). The van der Waals surface area contributed by atoms with Gasteiger partial charge in [-0.3, -0.25) is 0 Å². The van der Waals surface area contributed by atoms with Gasteiger partial charge in [0.15, 0.2) is 5.75 Å². The molecule has 0 aliphatic heterocycles. The van der Waals surface area contributed by atoms with Gasteiger partial charge in [0.05, 0.1) is 5.02 Å². The number of rotatable bonds is 4. The number of nitrogen functional groups attached to an aromatic ring is 2. The van der Waals surface area contributed by atoms with Crippen molar-refractivity contribution in [2.75, 3.05) is 11.5 Å². The molecule has 26 heavy (non-hydrogen) atoms. The maximum absolute atomic E-state index is 6.41. The van der Waals surface area contributed by atoms with E-state index in [2.05, 4.69) is 0 Å². The summed E-state index contributed by atoms with van der Waals surface area (Å²) in [6.07, 6.45) is 0. The Morgan fingerprint density at radius 3 is 1.73 bits per heavy atom. The third-order valence-corrected chi connectivity index (χ3v) is 4.34. The molecule has 134 valence electrons. The lowest BCUT2D eigenvalue weighted by molar-refractivity contribution is 0.461. The van der Waals surface area contributed by atoms with Crippen molar-refractivity contribution in [2.45, 2.75) is 0 Å². The molecule has 4 N–H and O–H groups in total. The fourth-order valence-electron chi connectivity index (χ4n) is 2.22. The maximum atomic E-state index is 6.41. The van der Waals surface area contributed by atoms with Crippen LogP contribution in [0.5, 0.6) is 23.0 Å². The van der Waals surface area contributed by atoms with Crippen LogP contribution in [-0.2, 0) is 0 Å². The average Bonchev–Trinajstić information content (AvgIpc) is 2.52. The third kappa shape index (κ3) is 4.40. The Bertz CT molecular complexity index is 939. The molecule has 0 atom stereocenters.